The van der Waals surface area contributed by atoms with Crippen LogP contribution in [-0.4, -0.2) is 40.5 Å². The van der Waals surface area contributed by atoms with Gasteiger partial charge in [-0.15, -0.1) is 0 Å². The van der Waals surface area contributed by atoms with E-state index in [1.54, 1.807) is 0 Å². The molecule has 2 fully saturated rings. The lowest BCUT2D eigenvalue weighted by atomic mass is 9.94. The van der Waals surface area contributed by atoms with Gasteiger partial charge in [0.25, 0.3) is 0 Å². The normalized spacial score (nSPS) is 21.0. The van der Waals surface area contributed by atoms with E-state index in [-0.39, 0.29) is 0 Å². The van der Waals surface area contributed by atoms with Gasteiger partial charge >= 0.3 is 0 Å². The highest BCUT2D eigenvalue weighted by Gasteiger charge is 2.22. The van der Waals surface area contributed by atoms with Crippen molar-refractivity contribution in [1.29, 1.82) is 0 Å². The second-order valence-corrected chi connectivity index (χ2v) is 6.20. The van der Waals surface area contributed by atoms with Gasteiger partial charge in [0, 0.05) is 31.4 Å². The second-order valence-electron chi connectivity index (χ2n) is 6.20. The number of anilines is 1. The van der Waals surface area contributed by atoms with Crippen LogP contribution in [0, 0.1) is 0 Å². The molecule has 2 aliphatic heterocycles. The third kappa shape index (κ3) is 2.39. The van der Waals surface area contributed by atoms with Crippen LogP contribution in [0.15, 0.2) is 18.6 Å². The Morgan fingerprint density at radius 2 is 1.86 bits per heavy atom. The molecule has 2 aliphatic rings. The molecular formula is C16H23N5. The van der Waals surface area contributed by atoms with E-state index in [1.807, 2.05) is 12.4 Å². The lowest BCUT2D eigenvalue weighted by Crippen LogP contribution is -2.31. The van der Waals surface area contributed by atoms with E-state index < -0.39 is 0 Å². The quantitative estimate of drug-likeness (QED) is 0.918. The van der Waals surface area contributed by atoms with Crippen LogP contribution < -0.4 is 10.2 Å². The third-order valence-corrected chi connectivity index (χ3v) is 4.83. The highest BCUT2D eigenvalue weighted by Crippen LogP contribution is 2.29. The molecule has 2 saturated heterocycles. The highest BCUT2D eigenvalue weighted by molar-refractivity contribution is 5.57. The van der Waals surface area contributed by atoms with E-state index in [2.05, 4.69) is 25.8 Å². The first-order valence-electron chi connectivity index (χ1n) is 8.21. The van der Waals surface area contributed by atoms with Crippen LogP contribution in [0.3, 0.4) is 0 Å². The SMILES string of the molecule is c1cn2c(N3CCCCC3)ncc2c(C2CCNCC2)n1. The number of piperidine rings is 2. The summed E-state index contributed by atoms with van der Waals surface area (Å²) < 4.78 is 2.25. The number of hydrogen-bond donors (Lipinski definition) is 1. The van der Waals surface area contributed by atoms with Crippen LogP contribution in [0.25, 0.3) is 5.52 Å². The molecule has 4 rings (SSSR count). The minimum atomic E-state index is 0.570. The lowest BCUT2D eigenvalue weighted by Gasteiger charge is -2.27. The zero-order chi connectivity index (χ0) is 14.1. The van der Waals surface area contributed by atoms with Gasteiger partial charge in [0.15, 0.2) is 0 Å². The molecule has 0 unspecified atom stereocenters. The molecule has 112 valence electrons. The number of fused-ring (bicyclic) bond motifs is 1. The van der Waals surface area contributed by atoms with Gasteiger partial charge in [-0.3, -0.25) is 9.38 Å². The Balaban J connectivity index is 1.71. The molecular weight excluding hydrogens is 262 g/mol. The first-order chi connectivity index (χ1) is 10.4. The average molecular weight is 285 g/mol. The summed E-state index contributed by atoms with van der Waals surface area (Å²) >= 11 is 0. The largest absolute Gasteiger partial charge is 0.342 e. The molecule has 21 heavy (non-hydrogen) atoms. The second kappa shape index (κ2) is 5.64. The molecule has 5 heteroatoms. The van der Waals surface area contributed by atoms with Crippen LogP contribution in [-0.2, 0) is 0 Å². The van der Waals surface area contributed by atoms with Crippen LogP contribution in [0.2, 0.25) is 0 Å². The van der Waals surface area contributed by atoms with Gasteiger partial charge in [0.05, 0.1) is 17.4 Å². The Kier molecular flexibility index (Phi) is 3.51. The fraction of sp³-hybridized carbons (Fsp3) is 0.625. The van der Waals surface area contributed by atoms with Crippen molar-refractivity contribution in [2.75, 3.05) is 31.1 Å². The van der Waals surface area contributed by atoms with E-state index in [0.29, 0.717) is 5.92 Å². The van der Waals surface area contributed by atoms with E-state index in [0.717, 1.165) is 32.1 Å². The summed E-state index contributed by atoms with van der Waals surface area (Å²) in [6.07, 6.45) is 12.3. The summed E-state index contributed by atoms with van der Waals surface area (Å²) in [6.45, 7) is 4.45. The van der Waals surface area contributed by atoms with E-state index in [4.69, 9.17) is 4.98 Å². The molecule has 2 aromatic heterocycles. The van der Waals surface area contributed by atoms with Crippen LogP contribution in [0.1, 0.15) is 43.7 Å². The van der Waals surface area contributed by atoms with Crippen LogP contribution in [0.5, 0.6) is 0 Å². The number of aromatic nitrogens is 3. The maximum absolute atomic E-state index is 4.71. The van der Waals surface area contributed by atoms with Crippen molar-refractivity contribution >= 4 is 11.5 Å². The first-order valence-corrected chi connectivity index (χ1v) is 8.21. The third-order valence-electron chi connectivity index (χ3n) is 4.83. The number of nitrogens with one attached hydrogen (secondary N) is 1. The minimum absolute atomic E-state index is 0.570. The monoisotopic (exact) mass is 285 g/mol. The summed E-state index contributed by atoms with van der Waals surface area (Å²) in [4.78, 5) is 11.8. The summed E-state index contributed by atoms with van der Waals surface area (Å²) in [6, 6.07) is 0. The molecule has 0 amide bonds. The standard InChI is InChI=1S/C16H23N5/c1-2-9-20(10-3-1)16-19-12-14-15(18-8-11-21(14)16)13-4-6-17-7-5-13/h8,11-13,17H,1-7,9-10H2. The predicted octanol–water partition coefficient (Wildman–Crippen LogP) is 2.19. The molecule has 0 aromatic carbocycles. The molecule has 1 N–H and O–H groups in total. The molecule has 0 aliphatic carbocycles. The maximum atomic E-state index is 4.71. The fourth-order valence-corrected chi connectivity index (χ4v) is 3.67. The van der Waals surface area contributed by atoms with Crippen molar-refractivity contribution in [2.24, 2.45) is 0 Å². The van der Waals surface area contributed by atoms with Gasteiger partial charge in [-0.2, -0.15) is 0 Å². The van der Waals surface area contributed by atoms with Crippen molar-refractivity contribution in [3.63, 3.8) is 0 Å². The average Bonchev–Trinajstić information content (AvgIpc) is 3.00. The number of nitrogens with zero attached hydrogens (tertiary/aromatic N) is 4. The van der Waals surface area contributed by atoms with E-state index >= 15 is 0 Å². The summed E-state index contributed by atoms with van der Waals surface area (Å²) in [7, 11) is 0. The van der Waals surface area contributed by atoms with E-state index in [9.17, 15) is 0 Å². The van der Waals surface area contributed by atoms with Gasteiger partial charge in [-0.05, 0) is 45.2 Å². The van der Waals surface area contributed by atoms with Crippen molar-refractivity contribution in [3.8, 4) is 0 Å². The molecule has 0 radical (unpaired) electrons. The Morgan fingerprint density at radius 3 is 2.67 bits per heavy atom. The zero-order valence-electron chi connectivity index (χ0n) is 12.5. The molecule has 0 spiro atoms. The van der Waals surface area contributed by atoms with Gasteiger partial charge in [-0.25, -0.2) is 4.98 Å². The Bertz CT molecular complexity index is 608. The minimum Gasteiger partial charge on any atom is -0.342 e. The van der Waals surface area contributed by atoms with Crippen molar-refractivity contribution in [2.45, 2.75) is 38.0 Å². The molecule has 2 aromatic rings. The summed E-state index contributed by atoms with van der Waals surface area (Å²) in [5, 5.41) is 3.43. The molecule has 0 bridgehead atoms. The highest BCUT2D eigenvalue weighted by atomic mass is 15.3. The maximum Gasteiger partial charge on any atom is 0.210 e. The van der Waals surface area contributed by atoms with Gasteiger partial charge in [0.2, 0.25) is 5.95 Å². The van der Waals surface area contributed by atoms with Crippen LogP contribution >= 0.6 is 0 Å². The summed E-state index contributed by atoms with van der Waals surface area (Å²) in [5.74, 6) is 1.67. The van der Waals surface area contributed by atoms with Gasteiger partial charge in [-0.1, -0.05) is 0 Å². The number of imidazole rings is 1. The van der Waals surface area contributed by atoms with E-state index in [1.165, 1.54) is 43.3 Å². The Labute approximate surface area is 125 Å². The van der Waals surface area contributed by atoms with Gasteiger partial charge < -0.3 is 10.2 Å². The van der Waals surface area contributed by atoms with Crippen molar-refractivity contribution in [3.05, 3.63) is 24.3 Å². The smallest absolute Gasteiger partial charge is 0.210 e. The number of rotatable bonds is 2. The first kappa shape index (κ1) is 13.1. The lowest BCUT2D eigenvalue weighted by molar-refractivity contribution is 0.454. The fourth-order valence-electron chi connectivity index (χ4n) is 3.67. The topological polar surface area (TPSA) is 45.5 Å². The molecule has 4 heterocycles. The summed E-state index contributed by atoms with van der Waals surface area (Å²) in [5.41, 5.74) is 2.43. The molecule has 0 atom stereocenters. The molecule has 0 saturated carbocycles. The predicted molar refractivity (Wildman–Crippen MR) is 83.9 cm³/mol. The van der Waals surface area contributed by atoms with Crippen LogP contribution in [0.4, 0.5) is 5.95 Å². The Hall–Kier alpha value is -1.62. The molecule has 5 nitrogen and oxygen atoms in total. The van der Waals surface area contributed by atoms with Crippen molar-refractivity contribution < 1.29 is 0 Å². The number of hydrogen-bond acceptors (Lipinski definition) is 4. The van der Waals surface area contributed by atoms with Crippen molar-refractivity contribution in [1.82, 2.24) is 19.7 Å². The van der Waals surface area contributed by atoms with Gasteiger partial charge in [0.1, 0.15) is 0 Å². The zero-order valence-corrected chi connectivity index (χ0v) is 12.5. The Morgan fingerprint density at radius 1 is 1.05 bits per heavy atom.